The van der Waals surface area contributed by atoms with Gasteiger partial charge in [-0.2, -0.15) is 5.10 Å². The number of nitrogens with one attached hydrogen (secondary N) is 1. The molecule has 26 heavy (non-hydrogen) atoms. The normalized spacial score (nSPS) is 23.0. The second-order valence-corrected chi connectivity index (χ2v) is 7.28. The topological polar surface area (TPSA) is 65.4 Å². The van der Waals surface area contributed by atoms with Crippen LogP contribution in [0.15, 0.2) is 36.7 Å². The number of carbonyl (C=O) groups is 1. The number of hydrogen-bond acceptors (Lipinski definition) is 4. The molecule has 2 aromatic rings. The Morgan fingerprint density at radius 2 is 2.27 bits per heavy atom. The zero-order chi connectivity index (χ0) is 17.9. The Hall–Kier alpha value is -1.89. The second-order valence-electron chi connectivity index (χ2n) is 6.87. The minimum absolute atomic E-state index is 0.0700. The van der Waals surface area contributed by atoms with Crippen molar-refractivity contribution in [2.24, 2.45) is 5.92 Å². The van der Waals surface area contributed by atoms with E-state index >= 15 is 0 Å². The maximum absolute atomic E-state index is 12.8. The van der Waals surface area contributed by atoms with Gasteiger partial charge in [-0.05, 0) is 49.4 Å². The highest BCUT2D eigenvalue weighted by molar-refractivity contribution is 6.33. The van der Waals surface area contributed by atoms with Crippen molar-refractivity contribution in [3.05, 3.63) is 47.2 Å². The van der Waals surface area contributed by atoms with E-state index in [0.29, 0.717) is 29.7 Å². The highest BCUT2D eigenvalue weighted by atomic mass is 35.5. The molecule has 1 saturated carbocycles. The Bertz CT molecular complexity index is 761. The van der Waals surface area contributed by atoms with E-state index in [-0.39, 0.29) is 18.1 Å². The van der Waals surface area contributed by atoms with Gasteiger partial charge in [0.05, 0.1) is 28.9 Å². The fourth-order valence-corrected chi connectivity index (χ4v) is 3.29. The van der Waals surface area contributed by atoms with Crippen LogP contribution in [0, 0.1) is 5.92 Å². The van der Waals surface area contributed by atoms with Crippen LogP contribution in [0.25, 0.3) is 5.69 Å². The average Bonchev–Trinajstić information content (AvgIpc) is 3.32. The molecule has 0 unspecified atom stereocenters. The first-order chi connectivity index (χ1) is 12.7. The number of nitrogens with zero attached hydrogens (tertiary/aromatic N) is 2. The lowest BCUT2D eigenvalue weighted by Gasteiger charge is -2.32. The number of halogens is 1. The second kappa shape index (κ2) is 7.78. The quantitative estimate of drug-likeness (QED) is 0.843. The van der Waals surface area contributed by atoms with Gasteiger partial charge in [0.15, 0.2) is 0 Å². The summed E-state index contributed by atoms with van der Waals surface area (Å²) in [4.78, 5) is 12.8. The Balaban J connectivity index is 1.46. The van der Waals surface area contributed by atoms with Gasteiger partial charge in [-0.25, -0.2) is 4.68 Å². The summed E-state index contributed by atoms with van der Waals surface area (Å²) >= 11 is 6.27. The molecule has 2 atom stereocenters. The van der Waals surface area contributed by atoms with Gasteiger partial charge < -0.3 is 14.8 Å². The van der Waals surface area contributed by atoms with Crippen LogP contribution >= 0.6 is 11.6 Å². The van der Waals surface area contributed by atoms with Crippen LogP contribution in [0.4, 0.5) is 0 Å². The van der Waals surface area contributed by atoms with Gasteiger partial charge in [-0.3, -0.25) is 4.79 Å². The molecule has 7 heteroatoms. The van der Waals surface area contributed by atoms with Crippen LogP contribution in [-0.2, 0) is 9.47 Å². The van der Waals surface area contributed by atoms with Crippen LogP contribution in [0.5, 0.6) is 0 Å². The lowest BCUT2D eigenvalue weighted by atomic mass is 10.0. The summed E-state index contributed by atoms with van der Waals surface area (Å²) in [6.07, 6.45) is 6.61. The maximum Gasteiger partial charge on any atom is 0.253 e. The van der Waals surface area contributed by atoms with Crippen molar-refractivity contribution >= 4 is 17.5 Å². The zero-order valence-corrected chi connectivity index (χ0v) is 15.2. The number of hydrogen-bond donors (Lipinski definition) is 1. The van der Waals surface area contributed by atoms with E-state index in [1.807, 2.05) is 18.3 Å². The lowest BCUT2D eigenvalue weighted by molar-refractivity contribution is -0.0697. The van der Waals surface area contributed by atoms with Crippen LogP contribution in [0.3, 0.4) is 0 Å². The summed E-state index contributed by atoms with van der Waals surface area (Å²) in [6, 6.07) is 7.07. The van der Waals surface area contributed by atoms with E-state index < -0.39 is 0 Å². The Morgan fingerprint density at radius 3 is 3.04 bits per heavy atom. The molecular formula is C19H22ClN3O3. The summed E-state index contributed by atoms with van der Waals surface area (Å²) in [5.41, 5.74) is 1.23. The Kier molecular flexibility index (Phi) is 5.24. The van der Waals surface area contributed by atoms with Gasteiger partial charge in [0.1, 0.15) is 6.10 Å². The molecule has 2 aliphatic rings. The van der Waals surface area contributed by atoms with Crippen LogP contribution in [-0.4, -0.2) is 47.7 Å². The molecule has 0 spiro atoms. The van der Waals surface area contributed by atoms with Crippen molar-refractivity contribution in [3.8, 4) is 5.69 Å². The van der Waals surface area contributed by atoms with Crippen LogP contribution < -0.4 is 5.32 Å². The summed E-state index contributed by atoms with van der Waals surface area (Å²) in [5.74, 6) is 0.476. The number of rotatable bonds is 6. The molecule has 0 bridgehead atoms. The molecule has 0 radical (unpaired) electrons. The Labute approximate surface area is 157 Å². The van der Waals surface area contributed by atoms with Crippen molar-refractivity contribution in [2.75, 3.05) is 19.8 Å². The van der Waals surface area contributed by atoms with Crippen molar-refractivity contribution in [1.29, 1.82) is 0 Å². The summed E-state index contributed by atoms with van der Waals surface area (Å²) in [6.45, 7) is 1.88. The first-order valence-electron chi connectivity index (χ1n) is 9.00. The molecular weight excluding hydrogens is 354 g/mol. The minimum Gasteiger partial charge on any atom is -0.379 e. The fraction of sp³-hybridized carbons (Fsp3) is 0.474. The number of ether oxygens (including phenoxy) is 2. The lowest BCUT2D eigenvalue weighted by Crippen LogP contribution is -2.50. The van der Waals surface area contributed by atoms with Crippen molar-refractivity contribution < 1.29 is 14.3 Å². The molecule has 1 saturated heterocycles. The van der Waals surface area contributed by atoms with Crippen LogP contribution in [0.2, 0.25) is 5.02 Å². The van der Waals surface area contributed by atoms with Gasteiger partial charge in [-0.15, -0.1) is 0 Å². The first-order valence-corrected chi connectivity index (χ1v) is 9.38. The molecule has 1 amide bonds. The van der Waals surface area contributed by atoms with Crippen LogP contribution in [0.1, 0.15) is 29.6 Å². The molecule has 1 aromatic heterocycles. The molecule has 1 aliphatic carbocycles. The number of benzene rings is 1. The largest absolute Gasteiger partial charge is 0.379 e. The van der Waals surface area contributed by atoms with E-state index in [1.165, 1.54) is 12.8 Å². The highest BCUT2D eigenvalue weighted by Gasteiger charge is 2.31. The van der Waals surface area contributed by atoms with Gasteiger partial charge in [0.2, 0.25) is 0 Å². The first kappa shape index (κ1) is 17.5. The molecule has 4 rings (SSSR count). The Morgan fingerprint density at radius 1 is 1.38 bits per heavy atom. The van der Waals surface area contributed by atoms with E-state index in [9.17, 15) is 4.79 Å². The molecule has 2 heterocycles. The average molecular weight is 376 g/mol. The van der Waals surface area contributed by atoms with Gasteiger partial charge >= 0.3 is 0 Å². The SMILES string of the molecule is O=C(N[C@@H]1CCOC[C@H]1OCC1CC1)c1cc(-n2cccn2)ccc1Cl. The standard InChI is InChI=1S/C19H22ClN3O3/c20-16-5-4-14(23-8-1-7-21-23)10-15(16)19(24)22-17-6-9-25-12-18(17)26-11-13-2-3-13/h1,4-5,7-8,10,13,17-18H,2-3,6,9,11-12H2,(H,22,24)/t17-,18-/m1/s1. The molecule has 2 fully saturated rings. The molecule has 1 N–H and O–H groups in total. The molecule has 6 nitrogen and oxygen atoms in total. The third-order valence-electron chi connectivity index (χ3n) is 4.83. The van der Waals surface area contributed by atoms with Crippen molar-refractivity contribution in [1.82, 2.24) is 15.1 Å². The van der Waals surface area contributed by atoms with E-state index in [0.717, 1.165) is 18.7 Å². The third-order valence-corrected chi connectivity index (χ3v) is 5.16. The number of carbonyl (C=O) groups excluding carboxylic acids is 1. The van der Waals surface area contributed by atoms with Gasteiger partial charge in [-0.1, -0.05) is 11.6 Å². The number of aromatic nitrogens is 2. The minimum atomic E-state index is -0.198. The molecule has 138 valence electrons. The van der Waals surface area contributed by atoms with Crippen molar-refractivity contribution in [2.45, 2.75) is 31.4 Å². The summed E-state index contributed by atoms with van der Waals surface area (Å²) < 4.78 is 13.2. The predicted octanol–water partition coefficient (Wildman–Crippen LogP) is 2.84. The van der Waals surface area contributed by atoms with E-state index in [1.54, 1.807) is 23.0 Å². The third kappa shape index (κ3) is 4.09. The van der Waals surface area contributed by atoms with E-state index in [2.05, 4.69) is 10.4 Å². The molecule has 1 aliphatic heterocycles. The predicted molar refractivity (Wildman–Crippen MR) is 97.7 cm³/mol. The monoisotopic (exact) mass is 375 g/mol. The number of amides is 1. The van der Waals surface area contributed by atoms with E-state index in [4.69, 9.17) is 21.1 Å². The smallest absolute Gasteiger partial charge is 0.253 e. The zero-order valence-electron chi connectivity index (χ0n) is 14.4. The maximum atomic E-state index is 12.8. The summed E-state index contributed by atoms with van der Waals surface area (Å²) in [5, 5.41) is 7.70. The van der Waals surface area contributed by atoms with Gasteiger partial charge in [0, 0.05) is 25.6 Å². The van der Waals surface area contributed by atoms with Crippen molar-refractivity contribution in [3.63, 3.8) is 0 Å². The fourth-order valence-electron chi connectivity index (χ4n) is 3.08. The van der Waals surface area contributed by atoms with Gasteiger partial charge in [0.25, 0.3) is 5.91 Å². The summed E-state index contributed by atoms with van der Waals surface area (Å²) in [7, 11) is 0. The molecule has 1 aromatic carbocycles. The highest BCUT2D eigenvalue weighted by Crippen LogP contribution is 2.30.